The highest BCUT2D eigenvalue weighted by Gasteiger charge is 2.41. The lowest BCUT2D eigenvalue weighted by atomic mass is 9.81. The van der Waals surface area contributed by atoms with Crippen LogP contribution in [0.1, 0.15) is 103 Å². The maximum Gasteiger partial charge on any atom is 0.412 e. The van der Waals surface area contributed by atoms with E-state index < -0.39 is 5.60 Å². The zero-order chi connectivity index (χ0) is 29.3. The Morgan fingerprint density at radius 1 is 1.00 bits per heavy atom. The van der Waals surface area contributed by atoms with E-state index in [1.165, 1.54) is 32.6 Å². The van der Waals surface area contributed by atoms with E-state index in [-0.39, 0.29) is 12.0 Å². The SMILES string of the molecule is CCCCCCC1(CCCCCC)OC(=O)Nc2ccc(OCCCC=NOSc3ccc(NC(C)=O)cc3)cc21. The van der Waals surface area contributed by atoms with Gasteiger partial charge in [-0.25, -0.2) is 4.79 Å². The van der Waals surface area contributed by atoms with E-state index >= 15 is 0 Å². The average molecular weight is 584 g/mol. The third-order valence-corrected chi connectivity index (χ3v) is 7.67. The van der Waals surface area contributed by atoms with Crippen molar-refractivity contribution >= 4 is 41.6 Å². The predicted octanol–water partition coefficient (Wildman–Crippen LogP) is 9.21. The lowest BCUT2D eigenvalue weighted by Crippen LogP contribution is -2.39. The maximum absolute atomic E-state index is 12.5. The number of carbonyl (C=O) groups is 2. The van der Waals surface area contributed by atoms with Gasteiger partial charge in [-0.3, -0.25) is 10.1 Å². The van der Waals surface area contributed by atoms with Crippen molar-refractivity contribution in [3.63, 3.8) is 0 Å². The first-order valence-corrected chi connectivity index (χ1v) is 15.7. The van der Waals surface area contributed by atoms with E-state index in [9.17, 15) is 9.59 Å². The van der Waals surface area contributed by atoms with Crippen molar-refractivity contribution in [2.75, 3.05) is 17.2 Å². The molecule has 0 unspecified atom stereocenters. The highest BCUT2D eigenvalue weighted by molar-refractivity contribution is 7.94. The predicted molar refractivity (Wildman–Crippen MR) is 167 cm³/mol. The lowest BCUT2D eigenvalue weighted by molar-refractivity contribution is -0.114. The number of oxime groups is 1. The van der Waals surface area contributed by atoms with Gasteiger partial charge in [0.1, 0.15) is 23.4 Å². The summed E-state index contributed by atoms with van der Waals surface area (Å²) >= 11 is 1.15. The minimum absolute atomic E-state index is 0.104. The highest BCUT2D eigenvalue weighted by Crippen LogP contribution is 2.45. The Morgan fingerprint density at radius 2 is 1.71 bits per heavy atom. The number of fused-ring (bicyclic) bond motifs is 1. The monoisotopic (exact) mass is 583 g/mol. The molecule has 1 aliphatic heterocycles. The van der Waals surface area contributed by atoms with E-state index in [1.54, 1.807) is 6.21 Å². The number of cyclic esters (lactones) is 1. The summed E-state index contributed by atoms with van der Waals surface area (Å²) in [5, 5.41) is 9.63. The van der Waals surface area contributed by atoms with Crippen LogP contribution in [0, 0.1) is 0 Å². The van der Waals surface area contributed by atoms with Crippen molar-refractivity contribution < 1.29 is 23.3 Å². The second-order valence-electron chi connectivity index (χ2n) is 10.5. The van der Waals surface area contributed by atoms with E-state index in [2.05, 4.69) is 35.7 Å². The first kappa shape index (κ1) is 32.3. The molecule has 2 N–H and O–H groups in total. The number of carbonyl (C=O) groups excluding carboxylic acids is 2. The molecule has 224 valence electrons. The summed E-state index contributed by atoms with van der Waals surface area (Å²) in [7, 11) is 0. The molecular weight excluding hydrogens is 538 g/mol. The van der Waals surface area contributed by atoms with Crippen LogP contribution in [0.25, 0.3) is 0 Å². The number of hydrogen-bond donors (Lipinski definition) is 2. The van der Waals surface area contributed by atoms with Gasteiger partial charge in [0.2, 0.25) is 5.91 Å². The van der Waals surface area contributed by atoms with Gasteiger partial charge >= 0.3 is 6.09 Å². The van der Waals surface area contributed by atoms with Gasteiger partial charge in [0.25, 0.3) is 0 Å². The average Bonchev–Trinajstić information content (AvgIpc) is 2.95. The number of unbranched alkanes of at least 4 members (excludes halogenated alkanes) is 7. The van der Waals surface area contributed by atoms with Crippen molar-refractivity contribution in [1.82, 2.24) is 0 Å². The van der Waals surface area contributed by atoms with E-state index in [0.717, 1.165) is 84.6 Å². The lowest BCUT2D eigenvalue weighted by Gasteiger charge is -2.39. The molecule has 8 nitrogen and oxygen atoms in total. The molecule has 3 rings (SSSR count). The van der Waals surface area contributed by atoms with Crippen LogP contribution in [0.4, 0.5) is 16.2 Å². The van der Waals surface area contributed by atoms with Crippen LogP contribution in [-0.2, 0) is 19.4 Å². The number of ether oxygens (including phenoxy) is 2. The molecule has 0 atom stereocenters. The molecule has 0 aliphatic carbocycles. The molecule has 41 heavy (non-hydrogen) atoms. The Balaban J connectivity index is 1.51. The molecule has 2 aromatic rings. The van der Waals surface area contributed by atoms with Gasteiger partial charge in [0.15, 0.2) is 0 Å². The van der Waals surface area contributed by atoms with Crippen LogP contribution in [0.3, 0.4) is 0 Å². The van der Waals surface area contributed by atoms with Gasteiger partial charge in [0.05, 0.1) is 17.2 Å². The standard InChI is InChI=1S/C32H45N3O5S/c1-4-6-8-10-20-32(21-11-9-7-5-2)29-24-27(16-19-30(29)35-31(37)39-32)38-23-13-12-22-33-40-41-28-17-14-26(15-18-28)34-25(3)36/h14-19,22,24H,4-13,20-21,23H2,1-3H3,(H,34,36)(H,35,37). The van der Waals surface area contributed by atoms with Crippen LogP contribution in [-0.4, -0.2) is 24.8 Å². The van der Waals surface area contributed by atoms with Gasteiger partial charge in [-0.2, -0.15) is 0 Å². The maximum atomic E-state index is 12.5. The molecule has 2 aromatic carbocycles. The van der Waals surface area contributed by atoms with Crippen LogP contribution < -0.4 is 15.4 Å². The molecule has 1 aliphatic rings. The number of amides is 2. The molecular formula is C32H45N3O5S. The fourth-order valence-corrected chi connectivity index (χ4v) is 5.38. The Kier molecular flexibility index (Phi) is 13.9. The summed E-state index contributed by atoms with van der Waals surface area (Å²) < 4.78 is 17.5. The Hall–Kier alpha value is -3.20. The van der Waals surface area contributed by atoms with Gasteiger partial charge in [-0.1, -0.05) is 57.5 Å². The molecule has 0 saturated heterocycles. The molecule has 0 bridgehead atoms. The molecule has 0 aromatic heterocycles. The molecule has 0 radical (unpaired) electrons. The van der Waals surface area contributed by atoms with E-state index in [4.69, 9.17) is 13.8 Å². The first-order chi connectivity index (χ1) is 20.0. The van der Waals surface area contributed by atoms with E-state index in [1.807, 2.05) is 36.4 Å². The number of anilines is 2. The van der Waals surface area contributed by atoms with Crippen LogP contribution in [0.15, 0.2) is 52.5 Å². The fourth-order valence-electron chi connectivity index (χ4n) is 4.95. The first-order valence-electron chi connectivity index (χ1n) is 15.0. The van der Waals surface area contributed by atoms with E-state index in [0.29, 0.717) is 13.0 Å². The highest BCUT2D eigenvalue weighted by atomic mass is 32.2. The molecule has 0 saturated carbocycles. The van der Waals surface area contributed by atoms with Crippen molar-refractivity contribution in [3.8, 4) is 5.75 Å². The molecule has 0 fully saturated rings. The number of hydrogen-bond acceptors (Lipinski definition) is 7. The Morgan fingerprint density at radius 3 is 2.37 bits per heavy atom. The largest absolute Gasteiger partial charge is 0.494 e. The van der Waals surface area contributed by atoms with Crippen molar-refractivity contribution in [3.05, 3.63) is 48.0 Å². The third-order valence-electron chi connectivity index (χ3n) is 7.05. The Labute approximate surface area is 249 Å². The normalized spacial score (nSPS) is 13.8. The van der Waals surface area contributed by atoms with Gasteiger partial charge in [-0.05, 0) is 81.0 Å². The third kappa shape index (κ3) is 10.9. The summed E-state index contributed by atoms with van der Waals surface area (Å²) in [6.45, 7) is 6.43. The summed E-state index contributed by atoms with van der Waals surface area (Å²) in [4.78, 5) is 24.5. The molecule has 2 amide bonds. The molecule has 9 heteroatoms. The quantitative estimate of drug-likeness (QED) is 0.0740. The number of benzene rings is 2. The number of nitrogens with one attached hydrogen (secondary N) is 2. The minimum atomic E-state index is -0.607. The smallest absolute Gasteiger partial charge is 0.412 e. The summed E-state index contributed by atoms with van der Waals surface area (Å²) in [5.41, 5.74) is 1.99. The van der Waals surface area contributed by atoms with Crippen molar-refractivity contribution in [2.24, 2.45) is 5.16 Å². The summed E-state index contributed by atoms with van der Waals surface area (Å²) in [6, 6.07) is 13.3. The van der Waals surface area contributed by atoms with Crippen LogP contribution in [0.2, 0.25) is 0 Å². The van der Waals surface area contributed by atoms with Gasteiger partial charge in [-0.15, -0.1) is 0 Å². The molecule has 1 heterocycles. The van der Waals surface area contributed by atoms with Crippen molar-refractivity contribution in [2.45, 2.75) is 108 Å². The molecule has 0 spiro atoms. The topological polar surface area (TPSA) is 98.2 Å². The second kappa shape index (κ2) is 17.6. The van der Waals surface area contributed by atoms with Crippen molar-refractivity contribution in [1.29, 1.82) is 0 Å². The zero-order valence-electron chi connectivity index (χ0n) is 24.7. The number of nitrogens with zero attached hydrogens (tertiary/aromatic N) is 1. The summed E-state index contributed by atoms with van der Waals surface area (Å²) in [5.74, 6) is 0.675. The number of rotatable bonds is 19. The van der Waals surface area contributed by atoms with Gasteiger partial charge in [0, 0.05) is 24.4 Å². The van der Waals surface area contributed by atoms with Gasteiger partial charge < -0.3 is 19.1 Å². The summed E-state index contributed by atoms with van der Waals surface area (Å²) in [6.07, 6.45) is 13.6. The Bertz CT molecular complexity index is 1110. The minimum Gasteiger partial charge on any atom is -0.494 e. The zero-order valence-corrected chi connectivity index (χ0v) is 25.5. The fraction of sp³-hybridized carbons (Fsp3) is 0.531. The van der Waals surface area contributed by atoms with Crippen LogP contribution >= 0.6 is 12.0 Å². The second-order valence-corrected chi connectivity index (χ2v) is 11.3. The van der Waals surface area contributed by atoms with Crippen LogP contribution in [0.5, 0.6) is 5.75 Å².